The van der Waals surface area contributed by atoms with Crippen molar-refractivity contribution in [2.45, 2.75) is 89.9 Å². The Morgan fingerprint density at radius 1 is 0.906 bits per heavy atom. The minimum absolute atomic E-state index is 0.0850. The topological polar surface area (TPSA) is 73.7 Å². The highest BCUT2D eigenvalue weighted by molar-refractivity contribution is 5.95. The van der Waals surface area contributed by atoms with Crippen LogP contribution in [-0.4, -0.2) is 5.84 Å². The van der Waals surface area contributed by atoms with Gasteiger partial charge in [-0.05, 0) is 54.7 Å². The Balaban J connectivity index is 1.49. The zero-order valence-electron chi connectivity index (χ0n) is 19.7. The number of amidine groups is 1. The molecule has 0 aliphatic heterocycles. The maximum atomic E-state index is 9.92. The van der Waals surface area contributed by atoms with Gasteiger partial charge in [-0.3, -0.25) is 5.41 Å². The van der Waals surface area contributed by atoms with Gasteiger partial charge < -0.3 is 5.73 Å². The van der Waals surface area contributed by atoms with Crippen molar-refractivity contribution < 1.29 is 0 Å². The predicted octanol–water partition coefficient (Wildman–Crippen LogP) is 7.95. The zero-order chi connectivity index (χ0) is 22.8. The van der Waals surface area contributed by atoms with Crippen molar-refractivity contribution in [2.24, 2.45) is 11.1 Å². The molecule has 0 amide bonds. The Morgan fingerprint density at radius 2 is 1.44 bits per heavy atom. The Kier molecular flexibility index (Phi) is 8.91. The number of nitrogens with one attached hydrogen (secondary N) is 1. The van der Waals surface area contributed by atoms with Crippen LogP contribution >= 0.6 is 0 Å². The molecule has 0 radical (unpaired) electrons. The van der Waals surface area contributed by atoms with E-state index < -0.39 is 0 Å². The van der Waals surface area contributed by atoms with Gasteiger partial charge >= 0.3 is 0 Å². The van der Waals surface area contributed by atoms with E-state index in [1.807, 2.05) is 24.3 Å². The third-order valence-electron chi connectivity index (χ3n) is 7.35. The third-order valence-corrected chi connectivity index (χ3v) is 7.35. The summed E-state index contributed by atoms with van der Waals surface area (Å²) in [5.41, 5.74) is 9.95. The summed E-state index contributed by atoms with van der Waals surface area (Å²) in [6, 6.07) is 19.5. The fourth-order valence-corrected chi connectivity index (χ4v) is 5.13. The van der Waals surface area contributed by atoms with Crippen LogP contribution in [0, 0.1) is 22.2 Å². The number of hydrogen-bond donors (Lipinski definition) is 2. The molecular weight excluding hydrogens is 390 g/mol. The second-order valence-electron chi connectivity index (χ2n) is 9.65. The second-order valence-corrected chi connectivity index (χ2v) is 9.65. The SMILES string of the molecule is CCCCCCCCCC1(C#N)CCC(c2ccc(-c3ccc(C(=N)N)cc3)cc2)CC1. The minimum Gasteiger partial charge on any atom is -0.384 e. The summed E-state index contributed by atoms with van der Waals surface area (Å²) >= 11 is 0. The standard InChI is InChI=1S/C29H39N3/c1-2-3-4-5-6-7-8-19-29(22-30)20-17-26(18-21-29)25-11-9-23(10-12-25)24-13-15-27(16-14-24)28(31)32/h9-16,26H,2-8,17-21H2,1H3,(H3,31,32). The van der Waals surface area contributed by atoms with Crippen molar-refractivity contribution in [2.75, 3.05) is 0 Å². The molecule has 0 saturated heterocycles. The molecular formula is C29H39N3. The second kappa shape index (κ2) is 11.9. The largest absolute Gasteiger partial charge is 0.384 e. The van der Waals surface area contributed by atoms with E-state index >= 15 is 0 Å². The van der Waals surface area contributed by atoms with Gasteiger partial charge in [0.2, 0.25) is 0 Å². The van der Waals surface area contributed by atoms with E-state index in [2.05, 4.69) is 37.3 Å². The van der Waals surface area contributed by atoms with Crippen LogP contribution < -0.4 is 5.73 Å². The van der Waals surface area contributed by atoms with E-state index in [1.54, 1.807) is 0 Å². The number of hydrogen-bond acceptors (Lipinski definition) is 2. The first-order valence-corrected chi connectivity index (χ1v) is 12.5. The average molecular weight is 430 g/mol. The first kappa shape index (κ1) is 24.1. The van der Waals surface area contributed by atoms with Crippen LogP contribution in [0.2, 0.25) is 0 Å². The molecule has 0 spiro atoms. The van der Waals surface area contributed by atoms with Gasteiger partial charge in [0.1, 0.15) is 5.84 Å². The van der Waals surface area contributed by atoms with Crippen LogP contribution in [0.4, 0.5) is 0 Å². The summed E-state index contributed by atoms with van der Waals surface area (Å²) in [4.78, 5) is 0. The maximum absolute atomic E-state index is 9.92. The summed E-state index contributed by atoms with van der Waals surface area (Å²) in [7, 11) is 0. The molecule has 1 saturated carbocycles. The molecule has 170 valence electrons. The van der Waals surface area contributed by atoms with Crippen molar-refractivity contribution in [3.05, 3.63) is 59.7 Å². The number of nitrogens with zero attached hydrogens (tertiary/aromatic N) is 1. The Bertz CT molecular complexity index is 881. The molecule has 3 rings (SSSR count). The molecule has 0 aromatic heterocycles. The molecule has 0 bridgehead atoms. The van der Waals surface area contributed by atoms with E-state index in [-0.39, 0.29) is 11.3 Å². The van der Waals surface area contributed by atoms with Crippen LogP contribution in [0.25, 0.3) is 11.1 Å². The van der Waals surface area contributed by atoms with Crippen molar-refractivity contribution in [1.29, 1.82) is 10.7 Å². The maximum Gasteiger partial charge on any atom is 0.122 e. The Morgan fingerprint density at radius 3 is 1.97 bits per heavy atom. The molecule has 1 aliphatic carbocycles. The lowest BCUT2D eigenvalue weighted by Crippen LogP contribution is -2.25. The molecule has 0 heterocycles. The van der Waals surface area contributed by atoms with Gasteiger partial charge in [-0.25, -0.2) is 0 Å². The van der Waals surface area contributed by atoms with Gasteiger partial charge in [-0.2, -0.15) is 5.26 Å². The van der Waals surface area contributed by atoms with Crippen molar-refractivity contribution >= 4 is 5.84 Å². The molecule has 3 nitrogen and oxygen atoms in total. The number of nitrogen functional groups attached to an aromatic ring is 1. The molecule has 1 aliphatic rings. The lowest BCUT2D eigenvalue weighted by Gasteiger charge is -2.35. The molecule has 1 fully saturated rings. The van der Waals surface area contributed by atoms with Gasteiger partial charge in [-0.15, -0.1) is 0 Å². The van der Waals surface area contributed by atoms with Gasteiger partial charge in [0.05, 0.1) is 11.5 Å². The van der Waals surface area contributed by atoms with Crippen LogP contribution in [0.1, 0.15) is 101 Å². The van der Waals surface area contributed by atoms with E-state index in [1.165, 1.54) is 56.1 Å². The fourth-order valence-electron chi connectivity index (χ4n) is 5.13. The van der Waals surface area contributed by atoms with Crippen LogP contribution in [0.3, 0.4) is 0 Å². The summed E-state index contributed by atoms with van der Waals surface area (Å²) in [5, 5.41) is 17.4. The highest BCUT2D eigenvalue weighted by Gasteiger charge is 2.35. The first-order chi connectivity index (χ1) is 15.6. The van der Waals surface area contributed by atoms with E-state index in [0.717, 1.165) is 43.2 Å². The van der Waals surface area contributed by atoms with Crippen molar-refractivity contribution in [3.63, 3.8) is 0 Å². The van der Waals surface area contributed by atoms with Crippen LogP contribution in [-0.2, 0) is 0 Å². The number of rotatable bonds is 11. The fraction of sp³-hybridized carbons (Fsp3) is 0.517. The van der Waals surface area contributed by atoms with Gasteiger partial charge in [0.25, 0.3) is 0 Å². The van der Waals surface area contributed by atoms with E-state index in [0.29, 0.717) is 5.92 Å². The number of nitrogens with two attached hydrogens (primary N) is 1. The van der Waals surface area contributed by atoms with E-state index in [4.69, 9.17) is 11.1 Å². The smallest absolute Gasteiger partial charge is 0.122 e. The quantitative estimate of drug-likeness (QED) is 0.216. The van der Waals surface area contributed by atoms with Gasteiger partial charge in [-0.1, -0.05) is 100 Å². The van der Waals surface area contributed by atoms with Gasteiger partial charge in [0.15, 0.2) is 0 Å². The number of benzene rings is 2. The Labute approximate surface area is 194 Å². The number of nitriles is 1. The third kappa shape index (κ3) is 6.45. The summed E-state index contributed by atoms with van der Waals surface area (Å²) in [6.45, 7) is 2.26. The normalized spacial score (nSPS) is 20.6. The highest BCUT2D eigenvalue weighted by atomic mass is 14.7. The monoisotopic (exact) mass is 429 g/mol. The molecule has 32 heavy (non-hydrogen) atoms. The van der Waals surface area contributed by atoms with Crippen LogP contribution in [0.5, 0.6) is 0 Å². The zero-order valence-corrected chi connectivity index (χ0v) is 19.7. The molecule has 2 aromatic carbocycles. The molecule has 3 N–H and O–H groups in total. The lowest BCUT2D eigenvalue weighted by atomic mass is 9.67. The number of unbranched alkanes of at least 4 members (excludes halogenated alkanes) is 6. The Hall–Kier alpha value is -2.60. The van der Waals surface area contributed by atoms with Crippen LogP contribution in [0.15, 0.2) is 48.5 Å². The first-order valence-electron chi connectivity index (χ1n) is 12.5. The summed E-state index contributed by atoms with van der Waals surface area (Å²) in [6.07, 6.45) is 14.6. The average Bonchev–Trinajstić information content (AvgIpc) is 2.84. The molecule has 0 atom stereocenters. The molecule has 2 aromatic rings. The summed E-state index contributed by atoms with van der Waals surface area (Å²) in [5.74, 6) is 0.671. The van der Waals surface area contributed by atoms with Gasteiger partial charge in [0, 0.05) is 5.56 Å². The minimum atomic E-state index is -0.0850. The highest BCUT2D eigenvalue weighted by Crippen LogP contribution is 2.45. The van der Waals surface area contributed by atoms with Crippen molar-refractivity contribution in [3.8, 4) is 17.2 Å². The van der Waals surface area contributed by atoms with E-state index in [9.17, 15) is 5.26 Å². The lowest BCUT2D eigenvalue weighted by molar-refractivity contribution is 0.223. The predicted molar refractivity (Wildman–Crippen MR) is 135 cm³/mol. The molecule has 3 heteroatoms. The van der Waals surface area contributed by atoms with Crippen molar-refractivity contribution in [1.82, 2.24) is 0 Å². The summed E-state index contributed by atoms with van der Waals surface area (Å²) < 4.78 is 0. The molecule has 0 unspecified atom stereocenters.